The van der Waals surface area contributed by atoms with Gasteiger partial charge in [0.15, 0.2) is 0 Å². The molecule has 0 aliphatic heterocycles. The summed E-state index contributed by atoms with van der Waals surface area (Å²) >= 11 is 0. The monoisotopic (exact) mass is 674 g/mol. The van der Waals surface area contributed by atoms with Gasteiger partial charge in [0.2, 0.25) is 0 Å². The minimum Gasteiger partial charge on any atom is -0.907 e. The molecule has 0 aromatic heterocycles. The molecule has 0 saturated carbocycles. The van der Waals surface area contributed by atoms with Gasteiger partial charge in [-0.1, -0.05) is 0 Å². The smallest absolute Gasteiger partial charge is 0.907 e. The van der Waals surface area contributed by atoms with Crippen LogP contribution in [0.15, 0.2) is 0 Å². The second-order valence-corrected chi connectivity index (χ2v) is 1.15. The van der Waals surface area contributed by atoms with Gasteiger partial charge in [-0.05, 0) is 0 Å². The van der Waals surface area contributed by atoms with Crippen molar-refractivity contribution in [3.63, 3.8) is 0 Å². The first-order valence-electron chi connectivity index (χ1n) is 2.83. The van der Waals surface area contributed by atoms with Crippen LogP contribution >= 0.6 is 0 Å². The van der Waals surface area contributed by atoms with Crippen molar-refractivity contribution < 1.29 is 464 Å². The molecule has 0 aliphatic carbocycles. The molecule has 0 radical (unpaired) electrons. The maximum atomic E-state index is 8.42. The maximum absolute atomic E-state index is 8.42. The molecule has 0 atom stereocenters. The number of rotatable bonds is 0. The van der Waals surface area contributed by atoms with Crippen LogP contribution in [0, 0.1) is 0 Å². The zero-order valence-electron chi connectivity index (χ0n) is 23.7. The zero-order chi connectivity index (χ0) is 14.3. The van der Waals surface area contributed by atoms with Crippen LogP contribution < -0.4 is 415 Å². The van der Waals surface area contributed by atoms with Crippen molar-refractivity contribution in [2.24, 2.45) is 0 Å². The second-order valence-electron chi connectivity index (χ2n) is 1.15. The predicted octanol–water partition coefficient (Wildman–Crippen LogP) is -59.2. The fraction of sp³-hybridized carbons (Fsp3) is 0. The summed E-state index contributed by atoms with van der Waals surface area (Å²) in [5, 5.41) is 101. The quantitative estimate of drug-likeness (QED) is 0.216. The van der Waals surface area contributed by atoms with Gasteiger partial charge in [0.05, 0.1) is 0 Å². The molecule has 0 fully saturated rings. The van der Waals surface area contributed by atoms with Gasteiger partial charge in [-0.2, -0.15) is 0 Å². The molecule has 0 heterocycles. The third-order valence-electron chi connectivity index (χ3n) is 0. The Morgan fingerprint density at radius 1 is 0.162 bits per heavy atom. The molecule has 37 heteroatoms. The largest absolute Gasteiger partial charge is 1.00 e. The van der Waals surface area contributed by atoms with Crippen LogP contribution in [0.1, 0.15) is 0 Å². The predicted molar refractivity (Wildman–Crippen MR) is 55.5 cm³/mol. The Hall–Kier alpha value is 11.4. The molecule has 37 heavy (non-hydrogen) atoms. The summed E-state index contributed by atoms with van der Waals surface area (Å²) in [5.41, 5.74) is 0. The number of hydrogen-bond acceptors (Lipinski definition) is 12. The van der Waals surface area contributed by atoms with E-state index >= 15 is 0 Å². The van der Waals surface area contributed by atoms with E-state index in [1.54, 1.807) is 0 Å². The van der Waals surface area contributed by atoms with Crippen molar-refractivity contribution in [3.05, 3.63) is 0 Å². The summed E-state index contributed by atoms with van der Waals surface area (Å²) in [6, 6.07) is 0. The fourth-order valence-corrected chi connectivity index (χ4v) is 0. The average molecular weight is 673 g/mol. The molecule has 0 amide bonds. The van der Waals surface area contributed by atoms with E-state index in [2.05, 4.69) is 0 Å². The van der Waals surface area contributed by atoms with Crippen LogP contribution in [0.5, 0.6) is 0 Å². The van der Waals surface area contributed by atoms with Crippen LogP contribution in [0.3, 0.4) is 0 Å². The minimum atomic E-state index is -2.92. The Balaban J connectivity index is -0.00000000190. The van der Waals surface area contributed by atoms with Crippen LogP contribution in [0.25, 0.3) is 0 Å². The van der Waals surface area contributed by atoms with Gasteiger partial charge in [-0.3, -0.25) is 29.3 Å². The van der Waals surface area contributed by atoms with Gasteiger partial charge >= 0.3 is 355 Å². The van der Waals surface area contributed by atoms with E-state index in [0.29, 0.717) is 0 Å². The van der Waals surface area contributed by atoms with Crippen LogP contribution in [-0.2, 0) is 0 Å². The molecule has 21 nitrogen and oxygen atoms in total. The Morgan fingerprint density at radius 3 is 0.162 bits per heavy atom. The van der Waals surface area contributed by atoms with E-state index in [0.717, 1.165) is 0 Å². The van der Waals surface area contributed by atoms with Crippen molar-refractivity contribution in [3.8, 4) is 0 Å². The van der Waals surface area contributed by atoms with E-state index in [9.17, 15) is 0 Å². The van der Waals surface area contributed by atoms with Crippen molar-refractivity contribution in [1.82, 2.24) is 0 Å². The topological polar surface area (TPSA) is 560 Å². The maximum Gasteiger partial charge on any atom is 1.00 e. The zero-order valence-corrected chi connectivity index (χ0v) is 47.7. The fourth-order valence-electron chi connectivity index (χ4n) is 0. The summed E-state index contributed by atoms with van der Waals surface area (Å²) in [6.07, 6.45) is 0. The normalized spacial score (nSPS) is 2.92. The van der Waals surface area contributed by atoms with Gasteiger partial charge in [-0.25, -0.2) is 0 Å². The van der Waals surface area contributed by atoms with E-state index in [4.69, 9.17) is 60.3 Å². The molecule has 0 aromatic carbocycles. The minimum absolute atomic E-state index is 0. The van der Waals surface area contributed by atoms with Crippen molar-refractivity contribution in [2.45, 2.75) is 0 Å². The van der Waals surface area contributed by atoms with Crippen molar-refractivity contribution >= 4 is 29.3 Å². The Kier molecular flexibility index (Phi) is 999. The van der Waals surface area contributed by atoms with Crippen molar-refractivity contribution in [2.75, 3.05) is 0 Å². The molecular weight excluding hydrogens is 655 g/mol. The van der Waals surface area contributed by atoms with Gasteiger partial charge in [0, 0.05) is 0 Å². The second kappa shape index (κ2) is 186. The number of hydrogen-bond donors (Lipinski definition) is 0. The molecule has 0 saturated heterocycles. The Bertz CT molecular complexity index is 92.5. The van der Waals surface area contributed by atoms with E-state index in [1.165, 1.54) is 0 Å². The van der Waals surface area contributed by atoms with Gasteiger partial charge in [0.25, 0.3) is 0 Å². The van der Waals surface area contributed by atoms with E-state index < -0.39 is 29.3 Å². The van der Waals surface area contributed by atoms with Crippen LogP contribution in [-0.4, -0.2) is 78.6 Å². The standard InChI is InChI=1S/4BO3.12Na.9H2O/c4*2-1(3)4;;;;;;;;;;;;;;;;;;;;;/h;;;;;;;;;;;;;;;;9*1H2/q4*-3;12*+1;;;;;;;;;. The molecule has 0 spiro atoms. The summed E-state index contributed by atoms with van der Waals surface area (Å²) in [6.45, 7) is 0. The van der Waals surface area contributed by atoms with Crippen molar-refractivity contribution in [1.29, 1.82) is 0 Å². The SMILES string of the molecule is O.O.O.O.O.O.O.O.O.[Na+].[Na+].[Na+].[Na+].[Na+].[Na+].[Na+].[Na+].[Na+].[Na+].[Na+].[Na+].[O-]B([O-])[O-].[O-]B([O-])[O-].[O-]B([O-])[O-].[O-]B([O-])[O-]. The molecule has 0 aliphatic rings. The molecule has 0 rings (SSSR count). The van der Waals surface area contributed by atoms with Gasteiger partial charge < -0.3 is 110 Å². The molecule has 0 unspecified atom stereocenters. The molecule has 0 aromatic rings. The summed E-state index contributed by atoms with van der Waals surface area (Å²) in [4.78, 5) is 0. The van der Waals surface area contributed by atoms with E-state index in [1.807, 2.05) is 0 Å². The Labute approximate surface area is 481 Å². The summed E-state index contributed by atoms with van der Waals surface area (Å²) in [7, 11) is -11.7. The molecule has 0 bridgehead atoms. The first kappa shape index (κ1) is 199. The van der Waals surface area contributed by atoms with Crippen LogP contribution in [0.2, 0.25) is 0 Å². The van der Waals surface area contributed by atoms with Gasteiger partial charge in [0.1, 0.15) is 0 Å². The average Bonchev–Trinajstić information content (AvgIpc) is 1.76. The third-order valence-corrected chi connectivity index (χ3v) is 0. The van der Waals surface area contributed by atoms with Gasteiger partial charge in [-0.15, -0.1) is 0 Å². The first-order valence-corrected chi connectivity index (χ1v) is 2.83. The Morgan fingerprint density at radius 2 is 0.162 bits per heavy atom. The molecule has 18 N–H and O–H groups in total. The molecule has 168 valence electrons. The third kappa shape index (κ3) is 750. The first-order chi connectivity index (χ1) is 6.93. The summed E-state index contributed by atoms with van der Waals surface area (Å²) in [5.74, 6) is 0. The van der Waals surface area contributed by atoms with E-state index in [-0.39, 0.29) is 404 Å². The van der Waals surface area contributed by atoms with Crippen LogP contribution in [0.4, 0.5) is 0 Å². The molecular formula is H18B4Na12O21. The summed E-state index contributed by atoms with van der Waals surface area (Å²) < 4.78 is 0.